The predicted octanol–water partition coefficient (Wildman–Crippen LogP) is 3.42. The third-order valence-electron chi connectivity index (χ3n) is 3.41. The first-order valence-electron chi connectivity index (χ1n) is 6.10. The van der Waals surface area contributed by atoms with Gasteiger partial charge in [-0.25, -0.2) is 0 Å². The molecule has 0 saturated carbocycles. The topological polar surface area (TPSA) is 49.7 Å². The van der Waals surface area contributed by atoms with Crippen molar-refractivity contribution in [2.45, 2.75) is 6.92 Å². The summed E-state index contributed by atoms with van der Waals surface area (Å²) in [6, 6.07) is 12.2. The molecule has 96 valence electrons. The fourth-order valence-electron chi connectivity index (χ4n) is 2.32. The molecule has 0 unspecified atom stereocenters. The Hall–Kier alpha value is -2.42. The van der Waals surface area contributed by atoms with Crippen molar-refractivity contribution in [1.29, 1.82) is 0 Å². The van der Waals surface area contributed by atoms with Crippen molar-refractivity contribution < 1.29 is 14.9 Å². The van der Waals surface area contributed by atoms with Gasteiger partial charge in [-0.2, -0.15) is 0 Å². The van der Waals surface area contributed by atoms with E-state index in [1.165, 1.54) is 0 Å². The Morgan fingerprint density at radius 1 is 0.947 bits per heavy atom. The van der Waals surface area contributed by atoms with Gasteiger partial charge < -0.3 is 14.9 Å². The van der Waals surface area contributed by atoms with Crippen LogP contribution in [0.25, 0.3) is 11.1 Å². The van der Waals surface area contributed by atoms with Crippen molar-refractivity contribution in [2.75, 3.05) is 6.61 Å². The van der Waals surface area contributed by atoms with Gasteiger partial charge in [0.15, 0.2) is 0 Å². The summed E-state index contributed by atoms with van der Waals surface area (Å²) in [5.74, 6) is 1.17. The summed E-state index contributed by atoms with van der Waals surface area (Å²) in [4.78, 5) is 0. The summed E-state index contributed by atoms with van der Waals surface area (Å²) >= 11 is 0. The van der Waals surface area contributed by atoms with Gasteiger partial charge in [-0.1, -0.05) is 12.1 Å². The molecular weight excluding hydrogens is 240 g/mol. The van der Waals surface area contributed by atoms with E-state index in [0.29, 0.717) is 12.4 Å². The van der Waals surface area contributed by atoms with Crippen molar-refractivity contribution >= 4 is 11.1 Å². The number of hydrogen-bond acceptors (Lipinski definition) is 3. The molecule has 0 saturated heterocycles. The van der Waals surface area contributed by atoms with Gasteiger partial charge in [0.1, 0.15) is 23.9 Å². The number of fused-ring (bicyclic) bond motifs is 1. The molecule has 0 amide bonds. The second-order valence-electron chi connectivity index (χ2n) is 4.62. The van der Waals surface area contributed by atoms with Gasteiger partial charge >= 0.3 is 0 Å². The van der Waals surface area contributed by atoms with Crippen LogP contribution in [-0.2, 0) is 0 Å². The minimum Gasteiger partial charge on any atom is -0.508 e. The van der Waals surface area contributed by atoms with E-state index in [0.717, 1.165) is 22.3 Å². The number of phenolic OH excluding ortho intramolecular Hbond substituents is 2. The highest BCUT2D eigenvalue weighted by atomic mass is 16.5. The molecule has 0 fully saturated rings. The molecular formula is C16H14O3. The van der Waals surface area contributed by atoms with Gasteiger partial charge in [-0.3, -0.25) is 0 Å². The third kappa shape index (κ3) is 2.03. The molecule has 0 aliphatic carbocycles. The lowest BCUT2D eigenvalue weighted by atomic mass is 9.93. The van der Waals surface area contributed by atoms with Crippen LogP contribution in [0.15, 0.2) is 42.5 Å². The van der Waals surface area contributed by atoms with Crippen molar-refractivity contribution in [2.24, 2.45) is 0 Å². The van der Waals surface area contributed by atoms with Crippen LogP contribution in [0.4, 0.5) is 0 Å². The van der Waals surface area contributed by atoms with Crippen LogP contribution in [0, 0.1) is 0 Å². The molecule has 0 atom stereocenters. The minimum absolute atomic E-state index is 0.208. The van der Waals surface area contributed by atoms with E-state index >= 15 is 0 Å². The second kappa shape index (κ2) is 4.35. The molecule has 19 heavy (non-hydrogen) atoms. The Bertz CT molecular complexity index is 654. The average molecular weight is 254 g/mol. The number of ether oxygens (including phenoxy) is 1. The van der Waals surface area contributed by atoms with Crippen LogP contribution >= 0.6 is 0 Å². The van der Waals surface area contributed by atoms with Crippen LogP contribution < -0.4 is 4.74 Å². The van der Waals surface area contributed by atoms with Crippen molar-refractivity contribution in [3.05, 3.63) is 53.6 Å². The molecule has 0 bridgehead atoms. The maximum absolute atomic E-state index is 9.46. The van der Waals surface area contributed by atoms with Gasteiger partial charge in [0.2, 0.25) is 0 Å². The molecule has 2 aromatic carbocycles. The zero-order valence-corrected chi connectivity index (χ0v) is 10.6. The van der Waals surface area contributed by atoms with Gasteiger partial charge in [0, 0.05) is 17.2 Å². The Morgan fingerprint density at radius 3 is 2.37 bits per heavy atom. The van der Waals surface area contributed by atoms with Crippen molar-refractivity contribution in [3.63, 3.8) is 0 Å². The van der Waals surface area contributed by atoms with Crippen molar-refractivity contribution in [3.8, 4) is 17.2 Å². The van der Waals surface area contributed by atoms with Gasteiger partial charge in [-0.05, 0) is 42.3 Å². The number of allylic oxidation sites excluding steroid dienone is 1. The van der Waals surface area contributed by atoms with Gasteiger partial charge in [-0.15, -0.1) is 0 Å². The quantitative estimate of drug-likeness (QED) is 0.819. The number of benzene rings is 2. The first-order valence-corrected chi connectivity index (χ1v) is 6.10. The first kappa shape index (κ1) is 11.7. The Kier molecular flexibility index (Phi) is 2.67. The molecule has 1 aliphatic rings. The highest BCUT2D eigenvalue weighted by molar-refractivity contribution is 5.93. The van der Waals surface area contributed by atoms with Crippen molar-refractivity contribution in [1.82, 2.24) is 0 Å². The zero-order valence-electron chi connectivity index (χ0n) is 10.6. The molecule has 3 rings (SSSR count). The largest absolute Gasteiger partial charge is 0.508 e. The highest BCUT2D eigenvalue weighted by Crippen LogP contribution is 2.38. The van der Waals surface area contributed by atoms with Crippen LogP contribution in [0.3, 0.4) is 0 Å². The van der Waals surface area contributed by atoms with E-state index in [2.05, 4.69) is 0 Å². The zero-order chi connectivity index (χ0) is 13.4. The van der Waals surface area contributed by atoms with E-state index in [1.807, 2.05) is 25.1 Å². The Morgan fingerprint density at radius 2 is 1.63 bits per heavy atom. The molecule has 2 N–H and O–H groups in total. The highest BCUT2D eigenvalue weighted by Gasteiger charge is 2.18. The number of phenols is 2. The van der Waals surface area contributed by atoms with E-state index in [4.69, 9.17) is 4.74 Å². The first-order chi connectivity index (χ1) is 9.15. The second-order valence-corrected chi connectivity index (χ2v) is 4.62. The van der Waals surface area contributed by atoms with Crippen LogP contribution in [0.2, 0.25) is 0 Å². The molecule has 0 spiro atoms. The summed E-state index contributed by atoms with van der Waals surface area (Å²) in [6.07, 6.45) is 0. The number of aromatic hydroxyl groups is 2. The predicted molar refractivity (Wildman–Crippen MR) is 74.2 cm³/mol. The van der Waals surface area contributed by atoms with Crippen LogP contribution in [0.1, 0.15) is 18.1 Å². The SMILES string of the molecule is CC1=C(c2ccc(O)cc2)COc2cc(O)ccc21. The molecule has 1 aliphatic heterocycles. The van der Waals surface area contributed by atoms with E-state index in [-0.39, 0.29) is 11.5 Å². The number of hydrogen-bond donors (Lipinski definition) is 2. The van der Waals surface area contributed by atoms with Crippen LogP contribution in [-0.4, -0.2) is 16.8 Å². The molecule has 0 radical (unpaired) electrons. The lowest BCUT2D eigenvalue weighted by molar-refractivity contribution is 0.361. The summed E-state index contributed by atoms with van der Waals surface area (Å²) in [6.45, 7) is 2.51. The molecule has 3 nitrogen and oxygen atoms in total. The Labute approximate surface area is 111 Å². The molecule has 2 aromatic rings. The molecule has 0 aromatic heterocycles. The summed E-state index contributed by atoms with van der Waals surface area (Å²) in [5, 5.41) is 18.8. The van der Waals surface area contributed by atoms with Gasteiger partial charge in [0.05, 0.1) is 0 Å². The average Bonchev–Trinajstić information content (AvgIpc) is 2.40. The van der Waals surface area contributed by atoms with E-state index in [9.17, 15) is 10.2 Å². The molecule has 1 heterocycles. The maximum Gasteiger partial charge on any atom is 0.130 e. The fourth-order valence-corrected chi connectivity index (χ4v) is 2.32. The van der Waals surface area contributed by atoms with E-state index in [1.54, 1.807) is 24.3 Å². The monoisotopic (exact) mass is 254 g/mol. The van der Waals surface area contributed by atoms with E-state index < -0.39 is 0 Å². The normalized spacial score (nSPS) is 13.9. The fraction of sp³-hybridized carbons (Fsp3) is 0.125. The smallest absolute Gasteiger partial charge is 0.130 e. The third-order valence-corrected chi connectivity index (χ3v) is 3.41. The van der Waals surface area contributed by atoms with Gasteiger partial charge in [0.25, 0.3) is 0 Å². The Balaban J connectivity index is 2.10. The van der Waals surface area contributed by atoms with Crippen LogP contribution in [0.5, 0.6) is 17.2 Å². The minimum atomic E-state index is 0.208. The standard InChI is InChI=1S/C16H14O3/c1-10-14-7-6-13(18)8-16(14)19-9-15(10)11-2-4-12(17)5-3-11/h2-8,17-18H,9H2,1H3. The summed E-state index contributed by atoms with van der Waals surface area (Å²) in [7, 11) is 0. The number of rotatable bonds is 1. The lowest BCUT2D eigenvalue weighted by Crippen LogP contribution is -2.09. The molecule has 3 heteroatoms. The summed E-state index contributed by atoms with van der Waals surface area (Å²) < 4.78 is 5.69. The maximum atomic E-state index is 9.46. The summed E-state index contributed by atoms with van der Waals surface area (Å²) in [5.41, 5.74) is 4.26. The lowest BCUT2D eigenvalue weighted by Gasteiger charge is -2.22.